The molecule has 0 radical (unpaired) electrons. The number of carbonyl (C=O) groups is 8. The second kappa shape index (κ2) is 40.9. The number of ether oxygens (including phenoxy) is 1. The summed E-state index contributed by atoms with van der Waals surface area (Å²) in [6, 6.07) is 75.5. The van der Waals surface area contributed by atoms with Crippen molar-refractivity contribution in [3.05, 3.63) is 349 Å². The van der Waals surface area contributed by atoms with Crippen LogP contribution in [-0.2, 0) is 44.6 Å². The summed E-state index contributed by atoms with van der Waals surface area (Å²) in [5, 5.41) is 29.7. The fourth-order valence-electron chi connectivity index (χ4n) is 15.3. The quantitative estimate of drug-likeness (QED) is 0.0240. The number of rotatable bonds is 26. The molecule has 2 fully saturated rings. The number of carbonyl (C=O) groups excluding carboxylic acids is 8. The highest BCUT2D eigenvalue weighted by atomic mass is 19.1. The maximum absolute atomic E-state index is 13.7. The van der Waals surface area contributed by atoms with Gasteiger partial charge in [-0.25, -0.2) is 18.4 Å². The van der Waals surface area contributed by atoms with E-state index in [4.69, 9.17) is 55.7 Å². The van der Waals surface area contributed by atoms with Gasteiger partial charge in [-0.15, -0.1) is 0 Å². The maximum Gasteiger partial charge on any atom is 0.254 e. The van der Waals surface area contributed by atoms with Crippen molar-refractivity contribution in [2.24, 2.45) is 30.0 Å². The van der Waals surface area contributed by atoms with Crippen LogP contribution in [0, 0.1) is 33.5 Å². The third-order valence-corrected chi connectivity index (χ3v) is 22.9. The van der Waals surface area contributed by atoms with E-state index < -0.39 is 29.4 Å². The first-order valence-corrected chi connectivity index (χ1v) is 42.2. The molecule has 0 saturated heterocycles. The number of nitrogen functional groups attached to an aromatic ring is 4. The minimum absolute atomic E-state index is 0.0256. The number of anilines is 4. The molecular weight excluding hydrogens is 1640 g/mol. The van der Waals surface area contributed by atoms with Gasteiger partial charge >= 0.3 is 0 Å². The summed E-state index contributed by atoms with van der Waals surface area (Å²) >= 11 is 0. The zero-order valence-corrected chi connectivity index (χ0v) is 72.9. The Bertz CT molecular complexity index is 6510. The van der Waals surface area contributed by atoms with Crippen molar-refractivity contribution in [3.63, 3.8) is 0 Å². The number of benzene rings is 10. The number of aromatic nitrogens is 8. The Morgan fingerprint density at radius 1 is 0.369 bits per heavy atom. The van der Waals surface area contributed by atoms with Crippen LogP contribution in [0.15, 0.2) is 249 Å². The fourth-order valence-corrected chi connectivity index (χ4v) is 15.3. The lowest BCUT2D eigenvalue weighted by Crippen LogP contribution is -2.35. The van der Waals surface area contributed by atoms with E-state index in [1.807, 2.05) is 210 Å². The molecule has 29 nitrogen and oxygen atoms in total. The Labute approximate surface area is 750 Å². The Kier molecular flexibility index (Phi) is 28.8. The van der Waals surface area contributed by atoms with Gasteiger partial charge in [-0.05, 0) is 166 Å². The maximum atomic E-state index is 13.7. The van der Waals surface area contributed by atoms with Crippen LogP contribution in [0.3, 0.4) is 0 Å². The highest BCUT2D eigenvalue weighted by Gasteiger charge is 2.36. The van der Waals surface area contributed by atoms with Crippen LogP contribution >= 0.6 is 0 Å². The molecule has 10 aromatic carbocycles. The second-order valence-electron chi connectivity index (χ2n) is 32.3. The van der Waals surface area contributed by atoms with Gasteiger partial charge in [0.15, 0.2) is 0 Å². The molecule has 16 rings (SSSR count). The van der Waals surface area contributed by atoms with E-state index in [9.17, 15) is 42.7 Å². The van der Waals surface area contributed by atoms with E-state index in [-0.39, 0.29) is 75.2 Å². The number of hydrogen-bond donors (Lipinski definition) is 12. The normalized spacial score (nSPS) is 13.8. The second-order valence-corrected chi connectivity index (χ2v) is 32.3. The molecule has 4 heterocycles. The smallest absolute Gasteiger partial charge is 0.254 e. The molecule has 4 aromatic heterocycles. The third-order valence-electron chi connectivity index (χ3n) is 22.9. The minimum Gasteiger partial charge on any atom is -0.383 e. The predicted molar refractivity (Wildman–Crippen MR) is 499 cm³/mol. The summed E-state index contributed by atoms with van der Waals surface area (Å²) in [4.78, 5) is 97.8. The van der Waals surface area contributed by atoms with Crippen LogP contribution in [-0.4, -0.2) is 92.0 Å². The number of halogens is 1. The largest absolute Gasteiger partial charge is 0.383 e. The van der Waals surface area contributed by atoms with Gasteiger partial charge in [-0.2, -0.15) is 20.4 Å². The highest BCUT2D eigenvalue weighted by Crippen LogP contribution is 2.42. The summed E-state index contributed by atoms with van der Waals surface area (Å²) in [5.74, 6) is -2.64. The molecular formula is C100H103FN20O9. The fraction of sp³-hybridized carbons (Fsp3) is 0.200. The lowest BCUT2D eigenvalue weighted by atomic mass is 9.83. The van der Waals surface area contributed by atoms with Gasteiger partial charge in [0.05, 0.1) is 30.0 Å². The average Bonchev–Trinajstić information content (AvgIpc) is 1.62. The molecule has 664 valence electrons. The summed E-state index contributed by atoms with van der Waals surface area (Å²) in [6.45, 7) is 11.8. The van der Waals surface area contributed by atoms with Crippen molar-refractivity contribution >= 4 is 70.5 Å². The van der Waals surface area contributed by atoms with Gasteiger partial charge in [-0.1, -0.05) is 206 Å². The number of primary amides is 4. The van der Waals surface area contributed by atoms with E-state index in [2.05, 4.69) is 55.6 Å². The van der Waals surface area contributed by atoms with Crippen LogP contribution in [0.4, 0.5) is 27.7 Å². The Morgan fingerprint density at radius 3 is 1.01 bits per heavy atom. The standard InChI is InChI=1S/C33H37N5O3.C25H22FN5O2.C22H23N5O2.C20H21N5O2/c1-22-8-6-7-11-27(22)32(40)36-20-23-12-14-25(15-13-23)29-28(31(35)39)30(34)38(37-29)26-16-18-33(2,19-17-26)41-21-24-9-4-3-5-10-24;1-15-5-2-3-8-20(15)25(33)29-14-16-9-11-17(12-10-16)22-21(24(28)32)23(27)31(30-22)19-7-4-6-18(26)13-19;1-13-4-2-3-5-17(13)22(29)25-12-14-6-8-15(9-7-14)19-18(21(24)28)20(23)27(26-19)16-10-11-16;1-12-5-3-4-6-15(12)20(27)23-11-13-7-9-14(10-8-13)17-16(19(22)26)18(21)25(2)24-17/h3-15,26H,16-21,34H2,1-2H3,(H2,35,39)(H,36,40);2-13H,14,27H2,1H3,(H2,28,32)(H,29,33);2-9,16H,10-12,23H2,1H3,(H2,24,28)(H,25,29);3-10H,11,21H2,1-2H3,(H2,22,26)(H,23,27). The van der Waals surface area contributed by atoms with Crippen molar-refractivity contribution in [2.75, 3.05) is 22.9 Å². The number of nitrogens with two attached hydrogens (primary N) is 8. The number of amides is 8. The first-order valence-electron chi connectivity index (χ1n) is 42.2. The Balaban J connectivity index is 0.000000150. The molecule has 14 aromatic rings. The summed E-state index contributed by atoms with van der Waals surface area (Å²) in [7, 11) is 1.65. The Morgan fingerprint density at radius 2 is 0.677 bits per heavy atom. The van der Waals surface area contributed by atoms with E-state index in [0.717, 1.165) is 105 Å². The summed E-state index contributed by atoms with van der Waals surface area (Å²) in [6.07, 6.45) is 5.37. The molecule has 130 heavy (non-hydrogen) atoms. The van der Waals surface area contributed by atoms with Crippen molar-refractivity contribution < 1.29 is 47.5 Å². The number of aryl methyl sites for hydroxylation is 5. The molecule has 0 unspecified atom stereocenters. The zero-order valence-electron chi connectivity index (χ0n) is 72.9. The lowest BCUT2D eigenvalue weighted by molar-refractivity contribution is -0.0738. The highest BCUT2D eigenvalue weighted by molar-refractivity contribution is 6.06. The topological polar surface area (TPSA) is 473 Å². The van der Waals surface area contributed by atoms with E-state index in [0.29, 0.717) is 101 Å². The van der Waals surface area contributed by atoms with E-state index in [1.54, 1.807) is 52.8 Å². The molecule has 2 aliphatic rings. The number of nitrogens with one attached hydrogen (secondary N) is 4. The van der Waals surface area contributed by atoms with E-state index in [1.165, 1.54) is 27.6 Å². The number of hydrogen-bond acceptors (Lipinski definition) is 17. The van der Waals surface area contributed by atoms with Gasteiger partial charge in [-0.3, -0.25) is 43.0 Å². The minimum atomic E-state index is -0.736. The van der Waals surface area contributed by atoms with Crippen LogP contribution in [0.5, 0.6) is 0 Å². The van der Waals surface area contributed by atoms with Gasteiger partial charge in [0.1, 0.15) is 74.1 Å². The summed E-state index contributed by atoms with van der Waals surface area (Å²) in [5.41, 5.74) is 63.4. The van der Waals surface area contributed by atoms with Crippen LogP contribution in [0.1, 0.15) is 190 Å². The third kappa shape index (κ3) is 21.9. The van der Waals surface area contributed by atoms with Crippen molar-refractivity contribution in [1.82, 2.24) is 60.4 Å². The molecule has 0 atom stereocenters. The van der Waals surface area contributed by atoms with Gasteiger partial charge < -0.3 is 71.9 Å². The Hall–Kier alpha value is -16.1. The molecule has 2 saturated carbocycles. The van der Waals surface area contributed by atoms with Crippen molar-refractivity contribution in [1.29, 1.82) is 0 Å². The van der Waals surface area contributed by atoms with Crippen LogP contribution < -0.4 is 67.1 Å². The summed E-state index contributed by atoms with van der Waals surface area (Å²) < 4.78 is 26.2. The van der Waals surface area contributed by atoms with Gasteiger partial charge in [0.2, 0.25) is 0 Å². The zero-order chi connectivity index (χ0) is 92.6. The van der Waals surface area contributed by atoms with Crippen molar-refractivity contribution in [2.45, 2.75) is 124 Å². The number of nitrogens with zero attached hydrogens (tertiary/aromatic N) is 8. The molecule has 0 spiro atoms. The van der Waals surface area contributed by atoms with Crippen LogP contribution in [0.25, 0.3) is 50.7 Å². The van der Waals surface area contributed by atoms with Crippen molar-refractivity contribution in [3.8, 4) is 50.7 Å². The van der Waals surface area contributed by atoms with E-state index >= 15 is 0 Å². The average molecular weight is 1750 g/mol. The molecule has 2 aliphatic carbocycles. The molecule has 30 heteroatoms. The molecule has 0 bridgehead atoms. The van der Waals surface area contributed by atoms with Gasteiger partial charge in [0, 0.05) is 77.7 Å². The first-order chi connectivity index (χ1) is 62.4. The molecule has 20 N–H and O–H groups in total. The molecule has 8 amide bonds. The predicted octanol–water partition coefficient (Wildman–Crippen LogP) is 14.0. The molecule has 0 aliphatic heterocycles. The lowest BCUT2D eigenvalue weighted by Gasteiger charge is -2.37. The van der Waals surface area contributed by atoms with Gasteiger partial charge in [0.25, 0.3) is 47.3 Å². The van der Waals surface area contributed by atoms with Crippen LogP contribution in [0.2, 0.25) is 0 Å². The first kappa shape index (κ1) is 91.6. The monoisotopic (exact) mass is 1750 g/mol. The SMILES string of the molecule is Cc1ccccc1C(=O)NCc1ccc(-c2nn(-c3cccc(F)c3)c(N)c2C(N)=O)cc1.Cc1ccccc1C(=O)NCc1ccc(-c2nn(C)c(N)c2C(N)=O)cc1.Cc1ccccc1C(=O)NCc1ccc(-c2nn(C3CC3)c(N)c2C(N)=O)cc1.Cc1ccccc1C(=O)NCc1ccc(-c2nn(C3CCC(C)(OCc4ccccc4)CC3)c(N)c2C(N)=O)cc1.